The standard InChI is InChI=1S/C28H30N4O/c1-13-14(2)20-10-22-17(5)18(6)24(31-22)12-26-28(7,8)27(33)25(32-26)11-23-16(4)15(3)21(30-23)9-19(13)29-20/h9-12,32-33H,1-8H3. The maximum Gasteiger partial charge on any atom is 0.127 e. The number of allylic oxidation sites excluding steroid dienone is 10. The molecule has 5 nitrogen and oxygen atoms in total. The number of aliphatic imine (C=N–C) groups is 3. The quantitative estimate of drug-likeness (QED) is 0.465. The highest BCUT2D eigenvalue weighted by atomic mass is 16.3. The second-order valence-corrected chi connectivity index (χ2v) is 9.90. The summed E-state index contributed by atoms with van der Waals surface area (Å²) >= 11 is 0. The van der Waals surface area contributed by atoms with E-state index in [-0.39, 0.29) is 0 Å². The molecule has 5 heteroatoms. The Hall–Kier alpha value is -3.47. The van der Waals surface area contributed by atoms with Crippen molar-refractivity contribution in [3.63, 3.8) is 0 Å². The van der Waals surface area contributed by atoms with Crippen LogP contribution in [-0.2, 0) is 0 Å². The van der Waals surface area contributed by atoms with Crippen LogP contribution >= 0.6 is 0 Å². The molecule has 33 heavy (non-hydrogen) atoms. The molecule has 5 aliphatic rings. The van der Waals surface area contributed by atoms with Gasteiger partial charge >= 0.3 is 0 Å². The summed E-state index contributed by atoms with van der Waals surface area (Å²) in [5.74, 6) is 0.310. The lowest BCUT2D eigenvalue weighted by Gasteiger charge is -2.20. The van der Waals surface area contributed by atoms with Gasteiger partial charge in [-0.05, 0) is 113 Å². The van der Waals surface area contributed by atoms with Gasteiger partial charge in [0.05, 0.1) is 45.3 Å². The van der Waals surface area contributed by atoms with Gasteiger partial charge in [0.25, 0.3) is 0 Å². The first-order chi connectivity index (χ1) is 15.5. The molecule has 0 radical (unpaired) electrons. The third-order valence-corrected chi connectivity index (χ3v) is 7.61. The van der Waals surface area contributed by atoms with Gasteiger partial charge in [-0.25, -0.2) is 15.0 Å². The lowest BCUT2D eigenvalue weighted by atomic mass is 9.87. The Labute approximate surface area is 195 Å². The Morgan fingerprint density at radius 3 is 1.45 bits per heavy atom. The fourth-order valence-corrected chi connectivity index (χ4v) is 4.57. The Morgan fingerprint density at radius 2 is 1.00 bits per heavy atom. The Bertz CT molecular complexity index is 1390. The van der Waals surface area contributed by atoms with Crippen LogP contribution in [0.25, 0.3) is 0 Å². The minimum Gasteiger partial charge on any atom is -0.509 e. The number of nitrogens with zero attached hydrogens (tertiary/aromatic N) is 3. The van der Waals surface area contributed by atoms with Crippen molar-refractivity contribution < 1.29 is 5.11 Å². The van der Waals surface area contributed by atoms with Crippen molar-refractivity contribution in [2.75, 3.05) is 0 Å². The zero-order valence-corrected chi connectivity index (χ0v) is 20.6. The molecule has 0 amide bonds. The van der Waals surface area contributed by atoms with Crippen molar-refractivity contribution in [1.29, 1.82) is 0 Å². The summed E-state index contributed by atoms with van der Waals surface area (Å²) in [6, 6.07) is 0. The van der Waals surface area contributed by atoms with Crippen LogP contribution in [0, 0.1) is 5.41 Å². The molecule has 5 heterocycles. The molecular weight excluding hydrogens is 408 g/mol. The van der Waals surface area contributed by atoms with Crippen LogP contribution in [0.1, 0.15) is 55.4 Å². The minimum absolute atomic E-state index is 0.310. The van der Waals surface area contributed by atoms with E-state index < -0.39 is 5.41 Å². The zero-order chi connectivity index (χ0) is 23.8. The largest absolute Gasteiger partial charge is 0.509 e. The first kappa shape index (κ1) is 21.4. The van der Waals surface area contributed by atoms with E-state index in [4.69, 9.17) is 15.0 Å². The molecule has 0 aliphatic carbocycles. The first-order valence-corrected chi connectivity index (χ1v) is 11.4. The first-order valence-electron chi connectivity index (χ1n) is 11.4. The number of hydrogen-bond acceptors (Lipinski definition) is 5. The lowest BCUT2D eigenvalue weighted by molar-refractivity contribution is 0.301. The normalized spacial score (nSPS) is 23.9. The minimum atomic E-state index is -0.553. The van der Waals surface area contributed by atoms with Crippen molar-refractivity contribution in [3.8, 4) is 0 Å². The summed E-state index contributed by atoms with van der Waals surface area (Å²) in [6.45, 7) is 16.6. The van der Waals surface area contributed by atoms with E-state index in [0.29, 0.717) is 11.5 Å². The summed E-state index contributed by atoms with van der Waals surface area (Å²) in [4.78, 5) is 14.8. The highest BCUT2D eigenvalue weighted by Crippen LogP contribution is 2.41. The molecule has 0 spiro atoms. The van der Waals surface area contributed by atoms with Gasteiger partial charge in [-0.15, -0.1) is 0 Å². The van der Waals surface area contributed by atoms with E-state index in [2.05, 4.69) is 65.1 Å². The van der Waals surface area contributed by atoms with Crippen LogP contribution < -0.4 is 5.32 Å². The predicted molar refractivity (Wildman–Crippen MR) is 136 cm³/mol. The van der Waals surface area contributed by atoms with Crippen molar-refractivity contribution >= 4 is 17.1 Å². The molecule has 2 N–H and O–H groups in total. The highest BCUT2D eigenvalue weighted by Gasteiger charge is 2.38. The van der Waals surface area contributed by atoms with Crippen LogP contribution in [-0.4, -0.2) is 22.2 Å². The van der Waals surface area contributed by atoms with Crippen LogP contribution in [0.3, 0.4) is 0 Å². The molecule has 5 rings (SSSR count). The molecule has 0 atom stereocenters. The number of fused-ring (bicyclic) bond motifs is 5. The molecule has 0 unspecified atom stereocenters. The van der Waals surface area contributed by atoms with E-state index in [1.807, 2.05) is 19.9 Å². The summed E-state index contributed by atoms with van der Waals surface area (Å²) in [5.41, 5.74) is 13.3. The van der Waals surface area contributed by atoms with Gasteiger partial charge in [0.15, 0.2) is 0 Å². The third-order valence-electron chi connectivity index (χ3n) is 7.61. The Balaban J connectivity index is 1.79. The van der Waals surface area contributed by atoms with Gasteiger partial charge in [0.2, 0.25) is 0 Å². The smallest absolute Gasteiger partial charge is 0.127 e. The fourth-order valence-electron chi connectivity index (χ4n) is 4.57. The monoisotopic (exact) mass is 438 g/mol. The van der Waals surface area contributed by atoms with E-state index in [1.165, 1.54) is 0 Å². The maximum absolute atomic E-state index is 11.1. The SMILES string of the molecule is CC1=C(C)C2=NC1=CC1=NC(=CC3=C(O)C(C)(C)C(=CC4=NC(=C2)C(C)=C4C)N3)C(C)=C1C. The van der Waals surface area contributed by atoms with Gasteiger partial charge in [-0.2, -0.15) is 0 Å². The van der Waals surface area contributed by atoms with Gasteiger partial charge in [0, 0.05) is 5.70 Å². The molecule has 0 aromatic rings. The summed E-state index contributed by atoms with van der Waals surface area (Å²) in [6.07, 6.45) is 8.15. The number of aliphatic hydroxyl groups is 1. The topological polar surface area (TPSA) is 69.3 Å². The van der Waals surface area contributed by atoms with Crippen LogP contribution in [0.2, 0.25) is 0 Å². The fraction of sp³-hybridized carbons (Fsp3) is 0.321. The number of nitrogens with one attached hydrogen (secondary N) is 1. The van der Waals surface area contributed by atoms with Crippen LogP contribution in [0.15, 0.2) is 107 Å². The van der Waals surface area contributed by atoms with Crippen molar-refractivity contribution in [2.24, 2.45) is 20.4 Å². The van der Waals surface area contributed by atoms with Crippen molar-refractivity contribution in [1.82, 2.24) is 5.32 Å². The summed E-state index contributed by atoms with van der Waals surface area (Å²) in [5, 5.41) is 14.5. The Morgan fingerprint density at radius 1 is 0.606 bits per heavy atom. The second kappa shape index (κ2) is 7.01. The second-order valence-electron chi connectivity index (χ2n) is 9.90. The van der Waals surface area contributed by atoms with Gasteiger partial charge < -0.3 is 10.4 Å². The molecule has 0 saturated carbocycles. The van der Waals surface area contributed by atoms with Gasteiger partial charge in [0.1, 0.15) is 5.76 Å². The molecule has 0 fully saturated rings. The maximum atomic E-state index is 11.1. The number of hydrogen-bond donors (Lipinski definition) is 2. The van der Waals surface area contributed by atoms with Crippen molar-refractivity contribution in [3.05, 3.63) is 92.0 Å². The summed E-state index contributed by atoms with van der Waals surface area (Å²) in [7, 11) is 0. The molecule has 0 saturated heterocycles. The Kier molecular flexibility index (Phi) is 4.54. The van der Waals surface area contributed by atoms with Gasteiger partial charge in [-0.3, -0.25) is 0 Å². The molecule has 0 aromatic heterocycles. The van der Waals surface area contributed by atoms with E-state index in [1.54, 1.807) is 0 Å². The predicted octanol–water partition coefficient (Wildman–Crippen LogP) is 6.31. The lowest BCUT2D eigenvalue weighted by Crippen LogP contribution is -2.19. The molecule has 8 bridgehead atoms. The average Bonchev–Trinajstić information content (AvgIpc) is 3.36. The molecular formula is C28H30N4O. The molecule has 168 valence electrons. The van der Waals surface area contributed by atoms with E-state index in [0.717, 1.165) is 73.4 Å². The number of rotatable bonds is 0. The number of aliphatic hydroxyl groups excluding tert-OH is 1. The van der Waals surface area contributed by atoms with Crippen LogP contribution in [0.5, 0.6) is 0 Å². The van der Waals surface area contributed by atoms with Crippen molar-refractivity contribution in [2.45, 2.75) is 55.4 Å². The van der Waals surface area contributed by atoms with E-state index in [9.17, 15) is 5.11 Å². The average molecular weight is 439 g/mol. The van der Waals surface area contributed by atoms with Gasteiger partial charge in [-0.1, -0.05) is 0 Å². The zero-order valence-electron chi connectivity index (χ0n) is 20.6. The third kappa shape index (κ3) is 3.10. The van der Waals surface area contributed by atoms with Crippen LogP contribution in [0.4, 0.5) is 0 Å². The van der Waals surface area contributed by atoms with E-state index >= 15 is 0 Å². The summed E-state index contributed by atoms with van der Waals surface area (Å²) < 4.78 is 0. The highest BCUT2D eigenvalue weighted by molar-refractivity contribution is 6.17. The molecule has 5 aliphatic heterocycles. The molecule has 0 aromatic carbocycles.